The van der Waals surface area contributed by atoms with Gasteiger partial charge in [0.2, 0.25) is 0 Å². The molecule has 76 valence electrons. The highest BCUT2D eigenvalue weighted by Gasteiger charge is 2.61. The van der Waals surface area contributed by atoms with Crippen LogP contribution in [-0.2, 0) is 0 Å². The zero-order valence-corrected chi connectivity index (χ0v) is 7.68. The predicted molar refractivity (Wildman–Crippen MR) is 43.6 cm³/mol. The molecule has 0 bridgehead atoms. The molecule has 1 atom stereocenters. The van der Waals surface area contributed by atoms with E-state index in [1.54, 1.807) is 0 Å². The Morgan fingerprint density at radius 3 is 1.62 bits per heavy atom. The van der Waals surface area contributed by atoms with Gasteiger partial charge in [-0.05, 0) is 0 Å². The lowest BCUT2D eigenvalue weighted by molar-refractivity contribution is -0.678. The van der Waals surface area contributed by atoms with Crippen LogP contribution < -0.4 is 0 Å². The van der Waals surface area contributed by atoms with Gasteiger partial charge in [0.05, 0.1) is 0 Å². The van der Waals surface area contributed by atoms with E-state index in [0.717, 1.165) is 20.8 Å². The minimum Gasteiger partial charge on any atom is -0.389 e. The first kappa shape index (κ1) is 11.8. The van der Waals surface area contributed by atoms with Crippen molar-refractivity contribution < 1.29 is 15.0 Å². The quantitative estimate of drug-likeness (QED) is 0.501. The zero-order valence-electron chi connectivity index (χ0n) is 7.68. The van der Waals surface area contributed by atoms with Crippen molar-refractivity contribution in [3.8, 4) is 0 Å². The van der Waals surface area contributed by atoms with E-state index in [0.29, 0.717) is 0 Å². The molecular weight excluding hydrogens is 180 g/mol. The Balaban J connectivity index is 5.19. The first-order chi connectivity index (χ1) is 5.70. The molecule has 0 aromatic carbocycles. The molecule has 0 saturated heterocycles. The fourth-order valence-corrected chi connectivity index (χ4v) is 0.671. The lowest BCUT2D eigenvalue weighted by Gasteiger charge is -2.27. The Morgan fingerprint density at radius 1 is 1.15 bits per heavy atom. The number of aliphatic hydroxyl groups is 1. The summed E-state index contributed by atoms with van der Waals surface area (Å²) >= 11 is 0. The lowest BCUT2D eigenvalue weighted by Crippen LogP contribution is -2.60. The Hall–Kier alpha value is -1.24. The second kappa shape index (κ2) is 3.25. The maximum atomic E-state index is 10.5. The molecule has 0 heterocycles. The molecule has 7 heteroatoms. The number of hydrogen-bond donors (Lipinski definition) is 1. The summed E-state index contributed by atoms with van der Waals surface area (Å²) in [5, 5.41) is 29.9. The smallest absolute Gasteiger partial charge is 0.309 e. The van der Waals surface area contributed by atoms with Gasteiger partial charge in [0.15, 0.2) is 0 Å². The fourth-order valence-electron chi connectivity index (χ4n) is 0.671. The van der Waals surface area contributed by atoms with Gasteiger partial charge in [0.25, 0.3) is 5.54 Å². The van der Waals surface area contributed by atoms with Gasteiger partial charge in [-0.1, -0.05) is 0 Å². The Morgan fingerprint density at radius 2 is 1.54 bits per heavy atom. The minimum absolute atomic E-state index is 0.758. The summed E-state index contributed by atoms with van der Waals surface area (Å²) in [5.41, 5.74) is -3.76. The molecule has 0 aliphatic rings. The van der Waals surface area contributed by atoms with Crippen LogP contribution in [0.1, 0.15) is 20.8 Å². The summed E-state index contributed by atoms with van der Waals surface area (Å²) in [6.07, 6.45) is 0. The summed E-state index contributed by atoms with van der Waals surface area (Å²) in [6.45, 7) is 2.42. The molecule has 0 aromatic rings. The molecule has 7 nitrogen and oxygen atoms in total. The van der Waals surface area contributed by atoms with Gasteiger partial charge in [0, 0.05) is 30.6 Å². The summed E-state index contributed by atoms with van der Waals surface area (Å²) in [5.74, 6) is 0. The molecule has 0 rings (SSSR count). The molecule has 0 aromatic heterocycles. The van der Waals surface area contributed by atoms with Crippen molar-refractivity contribution >= 4 is 0 Å². The molecule has 0 fully saturated rings. The second-order valence-corrected chi connectivity index (χ2v) is 3.51. The van der Waals surface area contributed by atoms with Crippen LogP contribution >= 0.6 is 0 Å². The van der Waals surface area contributed by atoms with E-state index in [1.807, 2.05) is 0 Å². The minimum atomic E-state index is -1.96. The average molecular weight is 192 g/mol. The summed E-state index contributed by atoms with van der Waals surface area (Å²) in [7, 11) is 0. The van der Waals surface area contributed by atoms with Crippen LogP contribution in [0.25, 0.3) is 0 Å². The topological polar surface area (TPSA) is 107 Å². The lowest BCUT2D eigenvalue weighted by atomic mass is 9.83. The van der Waals surface area contributed by atoms with E-state index in [2.05, 4.69) is 0 Å². The van der Waals surface area contributed by atoms with Crippen molar-refractivity contribution in [2.45, 2.75) is 31.8 Å². The third-order valence-corrected chi connectivity index (χ3v) is 2.49. The number of hydrogen-bond acceptors (Lipinski definition) is 5. The first-order valence-electron chi connectivity index (χ1n) is 3.60. The SMILES string of the molecule is CC(C)([N+](=O)[O-])[C@](C)(CO)[N+](=O)[O-]. The largest absolute Gasteiger partial charge is 0.389 e. The molecule has 0 aliphatic carbocycles. The van der Waals surface area contributed by atoms with Gasteiger partial charge in [-0.2, -0.15) is 0 Å². The van der Waals surface area contributed by atoms with Crippen molar-refractivity contribution in [3.63, 3.8) is 0 Å². The maximum absolute atomic E-state index is 10.5. The van der Waals surface area contributed by atoms with Crippen molar-refractivity contribution in [1.82, 2.24) is 0 Å². The summed E-state index contributed by atoms with van der Waals surface area (Å²) in [6, 6.07) is 0. The van der Waals surface area contributed by atoms with E-state index < -0.39 is 27.5 Å². The van der Waals surface area contributed by atoms with Crippen LogP contribution in [0.2, 0.25) is 0 Å². The highest BCUT2D eigenvalue weighted by Crippen LogP contribution is 2.27. The number of nitrogens with zero attached hydrogens (tertiary/aromatic N) is 2. The second-order valence-electron chi connectivity index (χ2n) is 3.51. The number of nitro groups is 2. The van der Waals surface area contributed by atoms with Crippen molar-refractivity contribution in [1.29, 1.82) is 0 Å². The van der Waals surface area contributed by atoms with Crippen molar-refractivity contribution in [2.24, 2.45) is 0 Å². The Bertz CT molecular complexity index is 239. The van der Waals surface area contributed by atoms with E-state index in [-0.39, 0.29) is 0 Å². The van der Waals surface area contributed by atoms with Gasteiger partial charge in [-0.25, -0.2) is 0 Å². The average Bonchev–Trinajstić information content (AvgIpc) is 2.01. The molecule has 1 N–H and O–H groups in total. The molecule has 0 radical (unpaired) electrons. The molecule has 13 heavy (non-hydrogen) atoms. The first-order valence-corrected chi connectivity index (χ1v) is 3.60. The van der Waals surface area contributed by atoms with Crippen molar-refractivity contribution in [3.05, 3.63) is 20.2 Å². The van der Waals surface area contributed by atoms with Crippen LogP contribution in [0.15, 0.2) is 0 Å². The number of rotatable bonds is 4. The predicted octanol–water partition coefficient (Wildman–Crippen LogP) is 0.0694. The fraction of sp³-hybridized carbons (Fsp3) is 1.00. The highest BCUT2D eigenvalue weighted by molar-refractivity contribution is 4.90. The zero-order chi connectivity index (χ0) is 10.9. The summed E-state index contributed by atoms with van der Waals surface area (Å²) in [4.78, 5) is 19.5. The Kier molecular flexibility index (Phi) is 2.94. The third kappa shape index (κ3) is 1.59. The van der Waals surface area contributed by atoms with E-state index >= 15 is 0 Å². The van der Waals surface area contributed by atoms with Crippen LogP contribution in [0.3, 0.4) is 0 Å². The maximum Gasteiger partial charge on any atom is 0.309 e. The number of aliphatic hydroxyl groups excluding tert-OH is 1. The van der Waals surface area contributed by atoms with Gasteiger partial charge in [0.1, 0.15) is 6.61 Å². The molecule has 0 saturated carbocycles. The Labute approximate surface area is 74.7 Å². The molecule has 0 amide bonds. The van der Waals surface area contributed by atoms with Gasteiger partial charge >= 0.3 is 5.54 Å². The van der Waals surface area contributed by atoms with Crippen LogP contribution in [0.4, 0.5) is 0 Å². The van der Waals surface area contributed by atoms with Gasteiger partial charge < -0.3 is 5.11 Å². The summed E-state index contributed by atoms with van der Waals surface area (Å²) < 4.78 is 0. The van der Waals surface area contributed by atoms with Crippen LogP contribution in [0.5, 0.6) is 0 Å². The van der Waals surface area contributed by atoms with E-state index in [1.165, 1.54) is 0 Å². The standard InChI is InChI=1S/C6H12N2O5/c1-5(2,7(10)11)6(3,4-9)8(12)13/h9H,4H2,1-3H3/t6-/m0/s1. The van der Waals surface area contributed by atoms with Crippen LogP contribution in [-0.4, -0.2) is 32.6 Å². The van der Waals surface area contributed by atoms with Crippen molar-refractivity contribution in [2.75, 3.05) is 6.61 Å². The monoisotopic (exact) mass is 192 g/mol. The van der Waals surface area contributed by atoms with Crippen LogP contribution in [0, 0.1) is 20.2 Å². The molecule has 0 spiro atoms. The van der Waals surface area contributed by atoms with E-state index in [4.69, 9.17) is 5.11 Å². The van der Waals surface area contributed by atoms with E-state index in [9.17, 15) is 20.2 Å². The highest BCUT2D eigenvalue weighted by atomic mass is 16.7. The van der Waals surface area contributed by atoms with Gasteiger partial charge in [-0.15, -0.1) is 0 Å². The molecular formula is C6H12N2O5. The third-order valence-electron chi connectivity index (χ3n) is 2.49. The molecule has 0 aliphatic heterocycles. The molecule has 0 unspecified atom stereocenters. The van der Waals surface area contributed by atoms with Gasteiger partial charge in [-0.3, -0.25) is 20.2 Å². The normalized spacial score (nSPS) is 16.3.